The van der Waals surface area contributed by atoms with E-state index >= 15 is 0 Å². The van der Waals surface area contributed by atoms with E-state index in [2.05, 4.69) is 17.1 Å². The Morgan fingerprint density at radius 3 is 2.93 bits per heavy atom. The highest BCUT2D eigenvalue weighted by atomic mass is 16.1. The third-order valence-electron chi connectivity index (χ3n) is 2.69. The van der Waals surface area contributed by atoms with Crippen molar-refractivity contribution in [2.24, 2.45) is 0 Å². The molecule has 1 aliphatic rings. The molecule has 1 aromatic rings. The molecule has 1 saturated heterocycles. The van der Waals surface area contributed by atoms with Gasteiger partial charge in [0.15, 0.2) is 0 Å². The van der Waals surface area contributed by atoms with E-state index in [1.165, 1.54) is 0 Å². The zero-order valence-electron chi connectivity index (χ0n) is 8.94. The third-order valence-corrected chi connectivity index (χ3v) is 2.69. The largest absolute Gasteiger partial charge is 0.366 e. The van der Waals surface area contributed by atoms with Gasteiger partial charge < -0.3 is 10.2 Å². The Bertz CT molecular complexity index is 391. The van der Waals surface area contributed by atoms with Gasteiger partial charge in [-0.05, 0) is 19.1 Å². The molecule has 1 aromatic carbocycles. The molecule has 1 fully saturated rings. The highest BCUT2D eigenvalue weighted by Gasteiger charge is 2.16. The predicted octanol–water partition coefficient (Wildman–Crippen LogP) is 0.845. The first kappa shape index (κ1) is 10.2. The van der Waals surface area contributed by atoms with E-state index in [-0.39, 0.29) is 5.43 Å². The number of nitrogens with one attached hydrogen (secondary N) is 1. The topological polar surface area (TPSA) is 32.3 Å². The molecule has 0 bridgehead atoms. The van der Waals surface area contributed by atoms with Gasteiger partial charge in [-0.3, -0.25) is 4.79 Å². The Labute approximate surface area is 89.7 Å². The van der Waals surface area contributed by atoms with Gasteiger partial charge >= 0.3 is 0 Å². The highest BCUT2D eigenvalue weighted by Crippen LogP contribution is 2.09. The summed E-state index contributed by atoms with van der Waals surface area (Å²) in [6, 6.07) is 9.57. The van der Waals surface area contributed by atoms with Crippen molar-refractivity contribution >= 4 is 5.69 Å². The van der Waals surface area contributed by atoms with Crippen LogP contribution in [0.1, 0.15) is 6.92 Å². The minimum Gasteiger partial charge on any atom is -0.366 e. The fourth-order valence-corrected chi connectivity index (χ4v) is 1.93. The van der Waals surface area contributed by atoms with Crippen molar-refractivity contribution in [3.05, 3.63) is 40.6 Å². The minimum absolute atomic E-state index is 0.106. The summed E-state index contributed by atoms with van der Waals surface area (Å²) < 4.78 is 0. The van der Waals surface area contributed by atoms with Crippen molar-refractivity contribution in [3.8, 4) is 0 Å². The monoisotopic (exact) mass is 204 g/mol. The summed E-state index contributed by atoms with van der Waals surface area (Å²) in [6.45, 7) is 4.89. The molecule has 1 unspecified atom stereocenters. The molecular weight excluding hydrogens is 188 g/mol. The van der Waals surface area contributed by atoms with Gasteiger partial charge in [0.2, 0.25) is 5.43 Å². The summed E-state index contributed by atoms with van der Waals surface area (Å²) in [5, 5.41) is 3.37. The lowest BCUT2D eigenvalue weighted by molar-refractivity contribution is 0.484. The Balaban J connectivity index is 2.29. The molecular formula is C12H16N2O. The van der Waals surface area contributed by atoms with Crippen LogP contribution in [-0.2, 0) is 0 Å². The van der Waals surface area contributed by atoms with Crippen molar-refractivity contribution in [3.63, 3.8) is 0 Å². The summed E-state index contributed by atoms with van der Waals surface area (Å²) >= 11 is 0. The zero-order valence-corrected chi connectivity index (χ0v) is 8.94. The standard InChI is InChI=1S/C12H16N2O/c1-10-9-14(8-7-13-10)11-5-3-2-4-6-12(11)15/h2-6,10,13H,7-9H2,1H3. The summed E-state index contributed by atoms with van der Waals surface area (Å²) in [5.41, 5.74) is 0.919. The number of piperazine rings is 1. The number of rotatable bonds is 1. The Morgan fingerprint density at radius 1 is 1.33 bits per heavy atom. The second-order valence-electron chi connectivity index (χ2n) is 3.96. The number of anilines is 1. The highest BCUT2D eigenvalue weighted by molar-refractivity contribution is 5.45. The van der Waals surface area contributed by atoms with Gasteiger partial charge in [0.1, 0.15) is 0 Å². The van der Waals surface area contributed by atoms with Crippen molar-refractivity contribution in [1.29, 1.82) is 0 Å². The third kappa shape index (κ3) is 2.36. The van der Waals surface area contributed by atoms with Gasteiger partial charge in [-0.1, -0.05) is 18.2 Å². The Hall–Kier alpha value is -1.35. The van der Waals surface area contributed by atoms with Crippen LogP contribution in [0.4, 0.5) is 5.69 Å². The SMILES string of the molecule is CC1CN(c2cccccc2=O)CCN1. The van der Waals surface area contributed by atoms with Crippen molar-refractivity contribution in [2.45, 2.75) is 13.0 Å². The molecule has 0 radical (unpaired) electrons. The summed E-state index contributed by atoms with van der Waals surface area (Å²) in [5.74, 6) is 0. The molecule has 0 spiro atoms. The summed E-state index contributed by atoms with van der Waals surface area (Å²) in [7, 11) is 0. The van der Waals surface area contributed by atoms with E-state index < -0.39 is 0 Å². The molecule has 0 aromatic heterocycles. The molecule has 0 aliphatic carbocycles. The number of hydrogen-bond donors (Lipinski definition) is 1. The normalized spacial score (nSPS) is 21.4. The number of nitrogens with zero attached hydrogens (tertiary/aromatic N) is 1. The van der Waals surface area contributed by atoms with E-state index in [1.54, 1.807) is 12.1 Å². The van der Waals surface area contributed by atoms with E-state index in [9.17, 15) is 4.79 Å². The second kappa shape index (κ2) is 4.45. The molecule has 1 atom stereocenters. The van der Waals surface area contributed by atoms with Crippen LogP contribution in [-0.4, -0.2) is 25.7 Å². The van der Waals surface area contributed by atoms with Crippen LogP contribution in [0, 0.1) is 0 Å². The van der Waals surface area contributed by atoms with Crippen LogP contribution in [0.3, 0.4) is 0 Å². The molecule has 80 valence electrons. The lowest BCUT2D eigenvalue weighted by Crippen LogP contribution is -2.50. The molecule has 3 nitrogen and oxygen atoms in total. The minimum atomic E-state index is 0.106. The van der Waals surface area contributed by atoms with Crippen molar-refractivity contribution in [1.82, 2.24) is 5.32 Å². The van der Waals surface area contributed by atoms with Crippen LogP contribution in [0.5, 0.6) is 0 Å². The summed E-state index contributed by atoms with van der Waals surface area (Å²) in [6.07, 6.45) is 0. The maximum atomic E-state index is 11.8. The molecule has 0 saturated carbocycles. The molecule has 3 heteroatoms. The maximum absolute atomic E-state index is 11.8. The van der Waals surface area contributed by atoms with Gasteiger partial charge in [-0.2, -0.15) is 0 Å². The first-order valence-corrected chi connectivity index (χ1v) is 5.35. The lowest BCUT2D eigenvalue weighted by atomic mass is 10.2. The van der Waals surface area contributed by atoms with Crippen LogP contribution >= 0.6 is 0 Å². The molecule has 0 amide bonds. The lowest BCUT2D eigenvalue weighted by Gasteiger charge is -2.32. The molecule has 1 heterocycles. The average Bonchev–Trinajstić information content (AvgIpc) is 2.43. The van der Waals surface area contributed by atoms with Crippen LogP contribution in [0.2, 0.25) is 0 Å². The van der Waals surface area contributed by atoms with Crippen molar-refractivity contribution in [2.75, 3.05) is 24.5 Å². The fraction of sp³-hybridized carbons (Fsp3) is 0.417. The summed E-state index contributed by atoms with van der Waals surface area (Å²) in [4.78, 5) is 13.9. The zero-order chi connectivity index (χ0) is 10.7. The van der Waals surface area contributed by atoms with E-state index in [0.717, 1.165) is 25.3 Å². The smallest absolute Gasteiger partial charge is 0.201 e. The van der Waals surface area contributed by atoms with Crippen LogP contribution in [0.25, 0.3) is 0 Å². The molecule has 1 aliphatic heterocycles. The van der Waals surface area contributed by atoms with Gasteiger partial charge in [0.05, 0.1) is 5.69 Å². The van der Waals surface area contributed by atoms with Crippen LogP contribution in [0.15, 0.2) is 35.1 Å². The van der Waals surface area contributed by atoms with Gasteiger partial charge in [-0.15, -0.1) is 0 Å². The van der Waals surface area contributed by atoms with Gasteiger partial charge in [-0.25, -0.2) is 0 Å². The van der Waals surface area contributed by atoms with Crippen molar-refractivity contribution < 1.29 is 0 Å². The first-order chi connectivity index (χ1) is 7.27. The van der Waals surface area contributed by atoms with Gasteiger partial charge in [0, 0.05) is 25.7 Å². The Morgan fingerprint density at radius 2 is 2.13 bits per heavy atom. The Kier molecular flexibility index (Phi) is 3.02. The predicted molar refractivity (Wildman–Crippen MR) is 62.4 cm³/mol. The average molecular weight is 204 g/mol. The molecule has 1 N–H and O–H groups in total. The number of hydrogen-bond acceptors (Lipinski definition) is 3. The first-order valence-electron chi connectivity index (χ1n) is 5.35. The van der Waals surface area contributed by atoms with E-state index in [0.29, 0.717) is 6.04 Å². The molecule has 2 rings (SSSR count). The molecule has 15 heavy (non-hydrogen) atoms. The van der Waals surface area contributed by atoms with Gasteiger partial charge in [0.25, 0.3) is 0 Å². The van der Waals surface area contributed by atoms with Crippen LogP contribution < -0.4 is 15.6 Å². The fourth-order valence-electron chi connectivity index (χ4n) is 1.93. The van der Waals surface area contributed by atoms with E-state index in [1.807, 2.05) is 18.2 Å². The second-order valence-corrected chi connectivity index (χ2v) is 3.96. The van der Waals surface area contributed by atoms with E-state index in [4.69, 9.17) is 0 Å². The quantitative estimate of drug-likeness (QED) is 0.736. The maximum Gasteiger partial charge on any atom is 0.201 e.